The van der Waals surface area contributed by atoms with E-state index in [2.05, 4.69) is 15.1 Å². The summed E-state index contributed by atoms with van der Waals surface area (Å²) in [4.78, 5) is 38.4. The maximum atomic E-state index is 15.0. The maximum Gasteiger partial charge on any atom is 0.313 e. The molecule has 1 unspecified atom stereocenters. The van der Waals surface area contributed by atoms with E-state index in [-0.39, 0.29) is 43.2 Å². The fourth-order valence-electron chi connectivity index (χ4n) is 3.24. The second-order valence-electron chi connectivity index (χ2n) is 7.91. The molecule has 0 saturated carbocycles. The number of esters is 2. The smallest absolute Gasteiger partial charge is 0.313 e. The average molecular weight is 503 g/mol. The van der Waals surface area contributed by atoms with Crippen molar-refractivity contribution in [1.29, 1.82) is 5.41 Å². The first-order valence-electron chi connectivity index (χ1n) is 10.9. The zero-order valence-corrected chi connectivity index (χ0v) is 19.9. The van der Waals surface area contributed by atoms with Gasteiger partial charge in [0.25, 0.3) is 0 Å². The zero-order valence-electron chi connectivity index (χ0n) is 19.9. The van der Waals surface area contributed by atoms with E-state index in [1.807, 2.05) is 4.90 Å². The summed E-state index contributed by atoms with van der Waals surface area (Å²) in [7, 11) is 1.50. The third-order valence-electron chi connectivity index (χ3n) is 4.92. The van der Waals surface area contributed by atoms with Crippen molar-refractivity contribution in [1.82, 2.24) is 9.97 Å². The van der Waals surface area contributed by atoms with E-state index in [0.29, 0.717) is 24.6 Å². The van der Waals surface area contributed by atoms with Gasteiger partial charge in [-0.05, 0) is 0 Å². The Morgan fingerprint density at radius 1 is 1.25 bits per heavy atom. The van der Waals surface area contributed by atoms with Crippen molar-refractivity contribution in [3.8, 4) is 11.1 Å². The molecule has 1 aliphatic rings. The first-order valence-corrected chi connectivity index (χ1v) is 10.9. The number of oxime groups is 1. The lowest BCUT2D eigenvalue weighted by atomic mass is 10.1. The molecule has 0 aliphatic carbocycles. The first kappa shape index (κ1) is 26.5. The zero-order chi connectivity index (χ0) is 26.1. The van der Waals surface area contributed by atoms with E-state index < -0.39 is 23.9 Å². The largest absolute Gasteiger partial charge is 0.460 e. The predicted molar refractivity (Wildman–Crippen MR) is 127 cm³/mol. The van der Waals surface area contributed by atoms with E-state index in [0.717, 1.165) is 5.71 Å². The highest BCUT2D eigenvalue weighted by Gasteiger charge is 2.25. The van der Waals surface area contributed by atoms with Crippen molar-refractivity contribution in [2.75, 3.05) is 38.3 Å². The number of methoxy groups -OCH3 is 1. The number of aromatic nitrogens is 2. The molecule has 13 heteroatoms. The molecule has 2 aromatic rings. The Kier molecular flexibility index (Phi) is 9.22. The van der Waals surface area contributed by atoms with Gasteiger partial charge in [-0.25, -0.2) is 14.4 Å². The topological polar surface area (TPSA) is 162 Å². The number of nitrogens with zero attached hydrogens (tertiary/aromatic N) is 4. The van der Waals surface area contributed by atoms with Crippen LogP contribution in [0.5, 0.6) is 0 Å². The number of amidine groups is 1. The molecule has 0 bridgehead atoms. The van der Waals surface area contributed by atoms with Crippen LogP contribution in [-0.2, 0) is 35.2 Å². The van der Waals surface area contributed by atoms with Gasteiger partial charge in [-0.15, -0.1) is 0 Å². The van der Waals surface area contributed by atoms with Gasteiger partial charge in [0.2, 0.25) is 5.95 Å². The van der Waals surface area contributed by atoms with Gasteiger partial charge in [-0.2, -0.15) is 0 Å². The Balaban J connectivity index is 1.54. The van der Waals surface area contributed by atoms with E-state index in [4.69, 9.17) is 30.2 Å². The molecule has 3 rings (SSSR count). The number of nitrogens with two attached hydrogens (primary N) is 1. The Morgan fingerprint density at radius 3 is 2.61 bits per heavy atom. The van der Waals surface area contributed by atoms with E-state index in [9.17, 15) is 14.0 Å². The summed E-state index contributed by atoms with van der Waals surface area (Å²) in [5.74, 6) is -1.56. The monoisotopic (exact) mass is 502 g/mol. The van der Waals surface area contributed by atoms with Crippen LogP contribution < -0.4 is 10.6 Å². The number of carbonyl (C=O) groups excluding carboxylic acids is 2. The van der Waals surface area contributed by atoms with Crippen molar-refractivity contribution >= 4 is 29.4 Å². The molecule has 36 heavy (non-hydrogen) atoms. The molecule has 0 radical (unpaired) electrons. The second-order valence-corrected chi connectivity index (χ2v) is 7.91. The fraction of sp³-hybridized carbons (Fsp3) is 0.391. The summed E-state index contributed by atoms with van der Waals surface area (Å²) in [6.45, 7) is 2.21. The van der Waals surface area contributed by atoms with E-state index in [1.165, 1.54) is 32.5 Å². The molecule has 3 N–H and O–H groups in total. The normalized spacial score (nSPS) is 13.4. The Hall–Kier alpha value is -4.13. The summed E-state index contributed by atoms with van der Waals surface area (Å²) in [5, 5.41) is 11.1. The minimum atomic E-state index is -0.706. The molecule has 0 spiro atoms. The van der Waals surface area contributed by atoms with Gasteiger partial charge < -0.3 is 29.7 Å². The fourth-order valence-corrected chi connectivity index (χ4v) is 3.24. The lowest BCUT2D eigenvalue weighted by molar-refractivity contribution is -0.152. The number of benzene rings is 1. The first-order chi connectivity index (χ1) is 17.3. The maximum absolute atomic E-state index is 15.0. The van der Waals surface area contributed by atoms with Crippen LogP contribution in [0.3, 0.4) is 0 Å². The summed E-state index contributed by atoms with van der Waals surface area (Å²) in [5.41, 5.74) is 6.83. The van der Waals surface area contributed by atoms with Crippen LogP contribution >= 0.6 is 0 Å². The number of carbonyl (C=O) groups is 2. The number of rotatable bonds is 12. The Morgan fingerprint density at radius 2 is 1.97 bits per heavy atom. The highest BCUT2D eigenvalue weighted by atomic mass is 19.1. The molecule has 1 fully saturated rings. The van der Waals surface area contributed by atoms with Gasteiger partial charge in [0, 0.05) is 43.1 Å². The van der Waals surface area contributed by atoms with Crippen molar-refractivity contribution in [3.05, 3.63) is 42.0 Å². The van der Waals surface area contributed by atoms with Crippen LogP contribution in [0.1, 0.15) is 18.9 Å². The summed E-state index contributed by atoms with van der Waals surface area (Å²) in [6.07, 6.45) is 2.11. The highest BCUT2D eigenvalue weighted by molar-refractivity contribution is 5.98. The molecule has 0 amide bonds. The van der Waals surface area contributed by atoms with Crippen molar-refractivity contribution in [3.63, 3.8) is 0 Å². The van der Waals surface area contributed by atoms with Crippen molar-refractivity contribution < 1.29 is 33.0 Å². The van der Waals surface area contributed by atoms with Crippen LogP contribution in [0.15, 0.2) is 35.7 Å². The summed E-state index contributed by atoms with van der Waals surface area (Å²) in [6, 6.07) is 4.71. The lowest BCUT2D eigenvalue weighted by Gasteiger charge is -2.32. The van der Waals surface area contributed by atoms with E-state index in [1.54, 1.807) is 12.1 Å². The van der Waals surface area contributed by atoms with Crippen LogP contribution in [0.25, 0.3) is 11.1 Å². The van der Waals surface area contributed by atoms with Crippen LogP contribution in [-0.4, -0.2) is 73.0 Å². The quantitative estimate of drug-likeness (QED) is 0.188. The third kappa shape index (κ3) is 7.43. The molecule has 2 heterocycles. The minimum Gasteiger partial charge on any atom is -0.460 e. The predicted octanol–water partition coefficient (Wildman–Crippen LogP) is 1.42. The van der Waals surface area contributed by atoms with Gasteiger partial charge >= 0.3 is 11.9 Å². The summed E-state index contributed by atoms with van der Waals surface area (Å²) >= 11 is 0. The molecule has 1 aromatic carbocycles. The van der Waals surface area contributed by atoms with Crippen molar-refractivity contribution in [2.45, 2.75) is 26.1 Å². The lowest BCUT2D eigenvalue weighted by Crippen LogP contribution is -2.48. The molecular weight excluding hydrogens is 475 g/mol. The van der Waals surface area contributed by atoms with Crippen LogP contribution in [0, 0.1) is 11.2 Å². The Bertz CT molecular complexity index is 1120. The van der Waals surface area contributed by atoms with E-state index >= 15 is 0 Å². The van der Waals surface area contributed by atoms with Gasteiger partial charge in [0.1, 0.15) is 24.7 Å². The number of nitrogens with one attached hydrogen (secondary N) is 1. The molecule has 192 valence electrons. The molecule has 1 saturated heterocycles. The van der Waals surface area contributed by atoms with Gasteiger partial charge in [0.05, 0.1) is 25.4 Å². The minimum absolute atomic E-state index is 0.0721. The SMILES string of the molecule is COCC(CON=C1CN(c2ncc(-c3cccc(COC(=O)CC(=N)N)c3F)cn2)C1)OC(C)=O. The van der Waals surface area contributed by atoms with Gasteiger partial charge in [-0.3, -0.25) is 15.0 Å². The van der Waals surface area contributed by atoms with Crippen LogP contribution in [0.2, 0.25) is 0 Å². The van der Waals surface area contributed by atoms with Crippen molar-refractivity contribution in [2.24, 2.45) is 10.9 Å². The molecule has 1 aliphatic heterocycles. The number of anilines is 1. The molecular formula is C23H27FN6O6. The average Bonchev–Trinajstić information content (AvgIpc) is 2.79. The molecule has 1 aromatic heterocycles. The summed E-state index contributed by atoms with van der Waals surface area (Å²) < 4.78 is 30.0. The van der Waals surface area contributed by atoms with Crippen LogP contribution in [0.4, 0.5) is 10.3 Å². The number of hydrogen-bond donors (Lipinski definition) is 2. The highest BCUT2D eigenvalue weighted by Crippen LogP contribution is 2.26. The molecule has 1 atom stereocenters. The second kappa shape index (κ2) is 12.5. The standard InChI is InChI=1S/C23H27FN6O6/c1-14(31)36-18(12-33-2)13-35-29-17-9-30(10-17)23-27-7-16(8-28-23)19-5-3-4-15(22(19)24)11-34-21(32)6-20(25)26/h3-5,7-8,18H,6,9-13H2,1-2H3,(H3,25,26). The Labute approximate surface area is 206 Å². The van der Waals surface area contributed by atoms with Gasteiger partial charge in [-0.1, -0.05) is 23.4 Å². The molecule has 12 nitrogen and oxygen atoms in total. The number of halogens is 1. The van der Waals surface area contributed by atoms with Gasteiger partial charge in [0.15, 0.2) is 12.7 Å². The number of ether oxygens (including phenoxy) is 3. The third-order valence-corrected chi connectivity index (χ3v) is 4.92. The number of hydrogen-bond acceptors (Lipinski definition) is 11.